The molecule has 1 amide bonds. The Kier molecular flexibility index (Phi) is 7.33. The largest absolute Gasteiger partial charge is 0.497 e. The Balaban J connectivity index is 1.53. The Bertz CT molecular complexity index is 932. The Morgan fingerprint density at radius 2 is 1.80 bits per heavy atom. The van der Waals surface area contributed by atoms with Crippen LogP contribution in [0.2, 0.25) is 0 Å². The lowest BCUT2D eigenvalue weighted by Crippen LogP contribution is -2.48. The molecule has 3 rings (SSSR count). The maximum atomic E-state index is 12.8. The summed E-state index contributed by atoms with van der Waals surface area (Å²) in [5, 5.41) is 2.94. The fourth-order valence-corrected chi connectivity index (χ4v) is 4.96. The predicted octanol–water partition coefficient (Wildman–Crippen LogP) is 2.68. The molecule has 162 valence electrons. The second kappa shape index (κ2) is 9.95. The van der Waals surface area contributed by atoms with Crippen molar-refractivity contribution >= 4 is 15.9 Å². The third kappa shape index (κ3) is 5.52. The Labute approximate surface area is 178 Å². The zero-order chi connectivity index (χ0) is 21.6. The van der Waals surface area contributed by atoms with Gasteiger partial charge in [0.25, 0.3) is 0 Å². The molecule has 0 unspecified atom stereocenters. The number of hydrogen-bond acceptors (Lipinski definition) is 5. The van der Waals surface area contributed by atoms with Crippen molar-refractivity contribution in [2.24, 2.45) is 5.92 Å². The van der Waals surface area contributed by atoms with Gasteiger partial charge in [-0.2, -0.15) is 4.31 Å². The number of piperidine rings is 1. The van der Waals surface area contributed by atoms with Crippen molar-refractivity contribution in [1.82, 2.24) is 9.62 Å². The molecule has 30 heavy (non-hydrogen) atoms. The highest BCUT2D eigenvalue weighted by Crippen LogP contribution is 2.24. The Morgan fingerprint density at radius 3 is 2.47 bits per heavy atom. The zero-order valence-electron chi connectivity index (χ0n) is 17.3. The number of carbonyl (C=O) groups excluding carboxylic acids is 1. The SMILES string of the molecule is COc1ccc(OC[C@H](C)NC(=O)[C@@H]2CCCN(S(=O)(=O)c3ccccc3)C2)cc1. The van der Waals surface area contributed by atoms with E-state index in [0.717, 1.165) is 5.75 Å². The second-order valence-corrected chi connectivity index (χ2v) is 9.35. The van der Waals surface area contributed by atoms with E-state index < -0.39 is 10.0 Å². The van der Waals surface area contributed by atoms with Gasteiger partial charge in [-0.15, -0.1) is 0 Å². The van der Waals surface area contributed by atoms with E-state index in [2.05, 4.69) is 5.32 Å². The van der Waals surface area contributed by atoms with Crippen molar-refractivity contribution in [2.45, 2.75) is 30.7 Å². The average molecular weight is 433 g/mol. The number of methoxy groups -OCH3 is 1. The fourth-order valence-electron chi connectivity index (χ4n) is 3.41. The van der Waals surface area contributed by atoms with Crippen molar-refractivity contribution in [2.75, 3.05) is 26.8 Å². The van der Waals surface area contributed by atoms with Gasteiger partial charge in [0.2, 0.25) is 15.9 Å². The van der Waals surface area contributed by atoms with E-state index in [1.54, 1.807) is 49.6 Å². The molecular weight excluding hydrogens is 404 g/mol. The van der Waals surface area contributed by atoms with Gasteiger partial charge in [-0.1, -0.05) is 18.2 Å². The molecule has 1 heterocycles. The summed E-state index contributed by atoms with van der Waals surface area (Å²) in [5.74, 6) is 0.917. The van der Waals surface area contributed by atoms with Crippen LogP contribution in [0.5, 0.6) is 11.5 Å². The summed E-state index contributed by atoms with van der Waals surface area (Å²) in [6, 6.07) is 15.4. The minimum absolute atomic E-state index is 0.145. The van der Waals surface area contributed by atoms with Gasteiger partial charge in [-0.05, 0) is 56.2 Å². The average Bonchev–Trinajstić information content (AvgIpc) is 2.78. The Hall–Kier alpha value is -2.58. The summed E-state index contributed by atoms with van der Waals surface area (Å²) in [6.07, 6.45) is 1.32. The highest BCUT2D eigenvalue weighted by Gasteiger charge is 2.33. The van der Waals surface area contributed by atoms with Crippen molar-refractivity contribution < 1.29 is 22.7 Å². The number of ether oxygens (including phenoxy) is 2. The maximum Gasteiger partial charge on any atom is 0.243 e. The fraction of sp³-hybridized carbons (Fsp3) is 0.409. The quantitative estimate of drug-likeness (QED) is 0.693. The molecule has 1 saturated heterocycles. The van der Waals surface area contributed by atoms with E-state index in [4.69, 9.17) is 9.47 Å². The van der Waals surface area contributed by atoms with Gasteiger partial charge in [0.05, 0.1) is 24.0 Å². The van der Waals surface area contributed by atoms with E-state index in [0.29, 0.717) is 31.7 Å². The maximum absolute atomic E-state index is 12.8. The summed E-state index contributed by atoms with van der Waals surface area (Å²) in [4.78, 5) is 13.0. The van der Waals surface area contributed by atoms with Gasteiger partial charge in [0.1, 0.15) is 18.1 Å². The van der Waals surface area contributed by atoms with Crippen LogP contribution in [0.3, 0.4) is 0 Å². The summed E-state index contributed by atoms with van der Waals surface area (Å²) < 4.78 is 37.9. The van der Waals surface area contributed by atoms with Crippen LogP contribution in [0, 0.1) is 5.92 Å². The number of hydrogen-bond donors (Lipinski definition) is 1. The van der Waals surface area contributed by atoms with Gasteiger partial charge in [0, 0.05) is 13.1 Å². The second-order valence-electron chi connectivity index (χ2n) is 7.41. The van der Waals surface area contributed by atoms with Crippen LogP contribution in [0.1, 0.15) is 19.8 Å². The minimum atomic E-state index is -3.59. The van der Waals surface area contributed by atoms with Crippen LogP contribution < -0.4 is 14.8 Å². The van der Waals surface area contributed by atoms with Gasteiger partial charge >= 0.3 is 0 Å². The lowest BCUT2D eigenvalue weighted by Gasteiger charge is -2.31. The lowest BCUT2D eigenvalue weighted by molar-refractivity contribution is -0.126. The molecular formula is C22H28N2O5S. The molecule has 1 N–H and O–H groups in total. The first-order valence-corrected chi connectivity index (χ1v) is 11.5. The van der Waals surface area contributed by atoms with E-state index >= 15 is 0 Å². The minimum Gasteiger partial charge on any atom is -0.497 e. The van der Waals surface area contributed by atoms with Gasteiger partial charge < -0.3 is 14.8 Å². The molecule has 0 aliphatic carbocycles. The predicted molar refractivity (Wildman–Crippen MR) is 114 cm³/mol. The number of carbonyl (C=O) groups is 1. The zero-order valence-corrected chi connectivity index (χ0v) is 18.1. The van der Waals surface area contributed by atoms with E-state index in [1.165, 1.54) is 4.31 Å². The van der Waals surface area contributed by atoms with Gasteiger partial charge in [-0.25, -0.2) is 8.42 Å². The molecule has 0 spiro atoms. The summed E-state index contributed by atoms with van der Waals surface area (Å²) in [6.45, 7) is 2.80. The first-order valence-electron chi connectivity index (χ1n) is 10.0. The number of rotatable bonds is 8. The van der Waals surface area contributed by atoms with Crippen molar-refractivity contribution in [3.63, 3.8) is 0 Å². The molecule has 2 aromatic rings. The molecule has 1 fully saturated rings. The number of benzene rings is 2. The lowest BCUT2D eigenvalue weighted by atomic mass is 9.98. The molecule has 0 radical (unpaired) electrons. The van der Waals surface area contributed by atoms with E-state index in [-0.39, 0.29) is 29.3 Å². The first-order chi connectivity index (χ1) is 14.4. The van der Waals surface area contributed by atoms with Crippen LogP contribution in [0.15, 0.2) is 59.5 Å². The van der Waals surface area contributed by atoms with Crippen molar-refractivity contribution in [1.29, 1.82) is 0 Å². The molecule has 1 aliphatic heterocycles. The van der Waals surface area contributed by atoms with Crippen LogP contribution in [0.4, 0.5) is 0 Å². The number of amides is 1. The van der Waals surface area contributed by atoms with Gasteiger partial charge in [0.15, 0.2) is 0 Å². The van der Waals surface area contributed by atoms with Crippen LogP contribution in [0.25, 0.3) is 0 Å². The number of nitrogens with zero attached hydrogens (tertiary/aromatic N) is 1. The topological polar surface area (TPSA) is 84.9 Å². The summed E-state index contributed by atoms with van der Waals surface area (Å²) in [7, 11) is -1.99. The summed E-state index contributed by atoms with van der Waals surface area (Å²) in [5.41, 5.74) is 0. The standard InChI is InChI=1S/C22H28N2O5S/c1-17(16-29-20-12-10-19(28-2)11-13-20)23-22(25)18-7-6-14-24(15-18)30(26,27)21-8-4-3-5-9-21/h3-5,8-13,17-18H,6-7,14-16H2,1-2H3,(H,23,25)/t17-,18+/m0/s1. The number of nitrogens with one attached hydrogen (secondary N) is 1. The molecule has 2 aromatic carbocycles. The van der Waals surface area contributed by atoms with E-state index in [1.807, 2.05) is 19.1 Å². The summed E-state index contributed by atoms with van der Waals surface area (Å²) >= 11 is 0. The molecule has 1 aliphatic rings. The molecule has 0 bridgehead atoms. The van der Waals surface area contributed by atoms with Crippen molar-refractivity contribution in [3.05, 3.63) is 54.6 Å². The molecule has 2 atom stereocenters. The Morgan fingerprint density at radius 1 is 1.13 bits per heavy atom. The highest BCUT2D eigenvalue weighted by atomic mass is 32.2. The molecule has 7 nitrogen and oxygen atoms in total. The third-order valence-electron chi connectivity index (χ3n) is 5.08. The van der Waals surface area contributed by atoms with Gasteiger partial charge in [-0.3, -0.25) is 4.79 Å². The molecule has 0 saturated carbocycles. The first kappa shape index (κ1) is 22.1. The van der Waals surface area contributed by atoms with Crippen LogP contribution in [-0.4, -0.2) is 51.5 Å². The van der Waals surface area contributed by atoms with E-state index in [9.17, 15) is 13.2 Å². The van der Waals surface area contributed by atoms with Crippen molar-refractivity contribution in [3.8, 4) is 11.5 Å². The number of sulfonamides is 1. The normalized spacial score (nSPS) is 18.4. The third-order valence-corrected chi connectivity index (χ3v) is 6.96. The molecule has 8 heteroatoms. The molecule has 0 aromatic heterocycles. The highest BCUT2D eigenvalue weighted by molar-refractivity contribution is 7.89. The van der Waals surface area contributed by atoms with Crippen LogP contribution >= 0.6 is 0 Å². The smallest absolute Gasteiger partial charge is 0.243 e. The van der Waals surface area contributed by atoms with Crippen LogP contribution in [-0.2, 0) is 14.8 Å². The monoisotopic (exact) mass is 432 g/mol.